The van der Waals surface area contributed by atoms with Gasteiger partial charge in [-0.05, 0) is 49.5 Å². The summed E-state index contributed by atoms with van der Waals surface area (Å²) in [6.07, 6.45) is 5.67. The first kappa shape index (κ1) is 11.0. The van der Waals surface area contributed by atoms with Crippen LogP contribution in [0.15, 0.2) is 22.9 Å². The van der Waals surface area contributed by atoms with Crippen molar-refractivity contribution in [1.29, 1.82) is 0 Å². The molecule has 3 heteroatoms. The first-order valence-electron chi connectivity index (χ1n) is 5.64. The van der Waals surface area contributed by atoms with E-state index in [0.29, 0.717) is 5.92 Å². The van der Waals surface area contributed by atoms with E-state index < -0.39 is 0 Å². The molecule has 0 bridgehead atoms. The van der Waals surface area contributed by atoms with Crippen LogP contribution in [0, 0.1) is 5.92 Å². The summed E-state index contributed by atoms with van der Waals surface area (Å²) in [7, 11) is 2.05. The van der Waals surface area contributed by atoms with Gasteiger partial charge in [-0.2, -0.15) is 0 Å². The molecule has 2 nitrogen and oxygen atoms in total. The third-order valence-corrected chi connectivity index (χ3v) is 4.10. The minimum Gasteiger partial charge on any atom is -0.399 e. The van der Waals surface area contributed by atoms with Crippen LogP contribution in [0.1, 0.15) is 26.2 Å². The molecule has 0 saturated carbocycles. The zero-order chi connectivity index (χ0) is 11.0. The second-order valence-corrected chi connectivity index (χ2v) is 5.08. The first-order valence-corrected chi connectivity index (χ1v) is 6.08. The fourth-order valence-electron chi connectivity index (χ4n) is 2.57. The molecule has 0 radical (unpaired) electrons. The summed E-state index contributed by atoms with van der Waals surface area (Å²) in [6, 6.07) is 0. The van der Waals surface area contributed by atoms with Crippen LogP contribution in [0.2, 0.25) is 0 Å². The summed E-state index contributed by atoms with van der Waals surface area (Å²) in [5.41, 5.74) is 9.74. The maximum Gasteiger partial charge on any atom is 0.108 e. The lowest BCUT2D eigenvalue weighted by atomic mass is 9.82. The predicted molar refractivity (Wildman–Crippen MR) is 64.6 cm³/mol. The molecule has 1 heterocycles. The van der Waals surface area contributed by atoms with E-state index in [0.717, 1.165) is 18.7 Å². The number of allylic oxidation sites excluding steroid dienone is 1. The lowest BCUT2D eigenvalue weighted by molar-refractivity contribution is 0.346. The Morgan fingerprint density at radius 3 is 3.00 bits per heavy atom. The summed E-state index contributed by atoms with van der Waals surface area (Å²) < 4.78 is 0. The van der Waals surface area contributed by atoms with Crippen LogP contribution in [-0.2, 0) is 0 Å². The highest BCUT2D eigenvalue weighted by molar-refractivity contribution is 6.22. The summed E-state index contributed by atoms with van der Waals surface area (Å²) in [5.74, 6) is 0.573. The fraction of sp³-hybridized carbons (Fsp3) is 0.667. The van der Waals surface area contributed by atoms with Crippen LogP contribution in [0.5, 0.6) is 0 Å². The molecule has 2 atom stereocenters. The van der Waals surface area contributed by atoms with Crippen LogP contribution in [0.4, 0.5) is 0 Å². The first-order chi connectivity index (χ1) is 7.11. The topological polar surface area (TPSA) is 29.3 Å². The van der Waals surface area contributed by atoms with Gasteiger partial charge in [-0.25, -0.2) is 0 Å². The van der Waals surface area contributed by atoms with Gasteiger partial charge in [0.1, 0.15) is 5.50 Å². The van der Waals surface area contributed by atoms with E-state index in [1.54, 1.807) is 0 Å². The van der Waals surface area contributed by atoms with Gasteiger partial charge in [0.05, 0.1) is 0 Å². The van der Waals surface area contributed by atoms with Crippen LogP contribution < -0.4 is 5.73 Å². The second kappa shape index (κ2) is 4.18. The molecular weight excluding hydrogens is 208 g/mol. The third-order valence-electron chi connectivity index (χ3n) is 3.53. The molecular formula is C12H19ClN2. The number of nitrogens with two attached hydrogens (primary N) is 1. The maximum atomic E-state index is 6.48. The summed E-state index contributed by atoms with van der Waals surface area (Å²) in [4.78, 5) is 2.15. The number of hydrogen-bond acceptors (Lipinski definition) is 2. The highest BCUT2D eigenvalue weighted by atomic mass is 35.5. The van der Waals surface area contributed by atoms with Gasteiger partial charge in [-0.3, -0.25) is 4.90 Å². The molecule has 0 aromatic carbocycles. The van der Waals surface area contributed by atoms with Crippen molar-refractivity contribution >= 4 is 11.6 Å². The van der Waals surface area contributed by atoms with Crippen molar-refractivity contribution in [3.05, 3.63) is 22.9 Å². The number of alkyl halides is 1. The van der Waals surface area contributed by atoms with Crippen molar-refractivity contribution in [3.63, 3.8) is 0 Å². The van der Waals surface area contributed by atoms with Crippen molar-refractivity contribution in [3.8, 4) is 0 Å². The Bertz CT molecular complexity index is 320. The highest BCUT2D eigenvalue weighted by Crippen LogP contribution is 2.38. The van der Waals surface area contributed by atoms with Crippen LogP contribution in [-0.4, -0.2) is 24.0 Å². The summed E-state index contributed by atoms with van der Waals surface area (Å²) in [6.45, 7) is 3.11. The fourth-order valence-corrected chi connectivity index (χ4v) is 2.99. The van der Waals surface area contributed by atoms with Crippen molar-refractivity contribution < 1.29 is 0 Å². The molecule has 2 unspecified atom stereocenters. The van der Waals surface area contributed by atoms with Gasteiger partial charge in [0.2, 0.25) is 0 Å². The lowest BCUT2D eigenvalue weighted by Gasteiger charge is -2.31. The minimum atomic E-state index is 0.0209. The van der Waals surface area contributed by atoms with E-state index >= 15 is 0 Å². The van der Waals surface area contributed by atoms with Gasteiger partial charge in [0, 0.05) is 12.2 Å². The van der Waals surface area contributed by atoms with E-state index in [4.69, 9.17) is 17.3 Å². The van der Waals surface area contributed by atoms with Crippen molar-refractivity contribution in [2.24, 2.45) is 11.7 Å². The van der Waals surface area contributed by atoms with Gasteiger partial charge in [0.15, 0.2) is 0 Å². The normalized spacial score (nSPS) is 33.4. The molecule has 84 valence electrons. The molecule has 0 aromatic rings. The number of nitrogens with zero attached hydrogens (tertiary/aromatic N) is 1. The minimum absolute atomic E-state index is 0.0209. The van der Waals surface area contributed by atoms with Crippen LogP contribution in [0.3, 0.4) is 0 Å². The largest absolute Gasteiger partial charge is 0.399 e. The van der Waals surface area contributed by atoms with Crippen LogP contribution in [0.25, 0.3) is 0 Å². The average Bonchev–Trinajstić information content (AvgIpc) is 2.32. The van der Waals surface area contributed by atoms with Crippen LogP contribution >= 0.6 is 11.6 Å². The summed E-state index contributed by atoms with van der Waals surface area (Å²) >= 11 is 6.48. The quantitative estimate of drug-likeness (QED) is 0.508. The highest BCUT2D eigenvalue weighted by Gasteiger charge is 2.29. The molecule has 0 fully saturated rings. The molecule has 2 aliphatic rings. The Morgan fingerprint density at radius 1 is 1.53 bits per heavy atom. The molecule has 15 heavy (non-hydrogen) atoms. The van der Waals surface area contributed by atoms with Crippen molar-refractivity contribution in [1.82, 2.24) is 4.90 Å². The van der Waals surface area contributed by atoms with Gasteiger partial charge < -0.3 is 5.73 Å². The Kier molecular flexibility index (Phi) is 3.08. The van der Waals surface area contributed by atoms with E-state index in [-0.39, 0.29) is 5.50 Å². The molecule has 0 amide bonds. The maximum absolute atomic E-state index is 6.48. The number of hydrogen-bond donors (Lipinski definition) is 1. The Labute approximate surface area is 96.8 Å². The van der Waals surface area contributed by atoms with E-state index in [1.165, 1.54) is 24.0 Å². The monoisotopic (exact) mass is 226 g/mol. The number of likely N-dealkylation sites (N-methyl/N-ethyl adjacent to an activating group) is 1. The zero-order valence-electron chi connectivity index (χ0n) is 9.46. The summed E-state index contributed by atoms with van der Waals surface area (Å²) in [5, 5.41) is 0. The molecule has 2 N–H and O–H groups in total. The molecule has 0 spiro atoms. The smallest absolute Gasteiger partial charge is 0.108 e. The molecule has 2 rings (SSSR count). The predicted octanol–water partition coefficient (Wildman–Crippen LogP) is 2.46. The number of rotatable bonds is 0. The number of halogens is 1. The average molecular weight is 227 g/mol. The zero-order valence-corrected chi connectivity index (χ0v) is 10.2. The molecule has 1 aliphatic carbocycles. The molecule has 0 saturated heterocycles. The molecule has 0 aromatic heterocycles. The third kappa shape index (κ3) is 1.93. The van der Waals surface area contributed by atoms with E-state index in [9.17, 15) is 0 Å². The van der Waals surface area contributed by atoms with Crippen molar-refractivity contribution in [2.75, 3.05) is 13.6 Å². The van der Waals surface area contributed by atoms with E-state index in [1.807, 2.05) is 0 Å². The van der Waals surface area contributed by atoms with Gasteiger partial charge in [-0.1, -0.05) is 6.92 Å². The Hall–Kier alpha value is -0.470. The van der Waals surface area contributed by atoms with Gasteiger partial charge in [-0.15, -0.1) is 11.6 Å². The Morgan fingerprint density at radius 2 is 2.27 bits per heavy atom. The SMILES string of the molecule is CC1CCCC2=C1C(Cl)N(C)CC=C2N. The standard InChI is InChI=1S/C12H19ClN2/c1-8-4-3-5-9-10(14)6-7-15(2)12(13)11(8)9/h6,8,12H,3-5,7,14H2,1-2H3. The van der Waals surface area contributed by atoms with Gasteiger partial charge >= 0.3 is 0 Å². The van der Waals surface area contributed by atoms with Crippen molar-refractivity contribution in [2.45, 2.75) is 31.7 Å². The van der Waals surface area contributed by atoms with E-state index in [2.05, 4.69) is 24.9 Å². The Balaban J connectivity index is 2.44. The second-order valence-electron chi connectivity index (χ2n) is 4.66. The molecule has 1 aliphatic heterocycles. The van der Waals surface area contributed by atoms with Gasteiger partial charge in [0.25, 0.3) is 0 Å². The lowest BCUT2D eigenvalue weighted by Crippen LogP contribution is -2.31.